The van der Waals surface area contributed by atoms with E-state index in [-0.39, 0.29) is 0 Å². The van der Waals surface area contributed by atoms with Crippen molar-refractivity contribution in [1.29, 1.82) is 0 Å². The molecule has 0 aliphatic rings. The van der Waals surface area contributed by atoms with Crippen molar-refractivity contribution in [2.45, 2.75) is 6.92 Å². The Kier molecular flexibility index (Phi) is 2.02. The van der Waals surface area contributed by atoms with Gasteiger partial charge in [0, 0.05) is 10.4 Å². The molecule has 0 N–H and O–H groups in total. The highest BCUT2D eigenvalue weighted by atomic mass is 32.1. The van der Waals surface area contributed by atoms with Crippen LogP contribution in [0.3, 0.4) is 0 Å². The summed E-state index contributed by atoms with van der Waals surface area (Å²) in [5, 5.41) is 2.01. The molecule has 2 heterocycles. The first-order valence-corrected chi connectivity index (χ1v) is 4.78. The van der Waals surface area contributed by atoms with E-state index in [1.165, 1.54) is 11.1 Å². The van der Waals surface area contributed by atoms with Crippen molar-refractivity contribution in [3.63, 3.8) is 0 Å². The van der Waals surface area contributed by atoms with Gasteiger partial charge in [-0.2, -0.15) is 0 Å². The van der Waals surface area contributed by atoms with Crippen molar-refractivity contribution in [1.82, 2.24) is 0 Å². The van der Waals surface area contributed by atoms with Crippen LogP contribution in [0.25, 0.3) is 11.1 Å². The average Bonchev–Trinajstić information content (AvgIpc) is 2.71. The molecule has 0 fully saturated rings. The van der Waals surface area contributed by atoms with E-state index in [1.807, 2.05) is 24.4 Å². The molecular weight excluding hydrogens is 184 g/mol. The first kappa shape index (κ1) is 8.26. The van der Waals surface area contributed by atoms with Crippen LogP contribution in [0, 0.1) is 6.92 Å². The molecule has 0 atom stereocenters. The fraction of sp³-hybridized carbons (Fsp3) is 0.100. The highest BCUT2D eigenvalue weighted by molar-refractivity contribution is 7.10. The Balaban J connectivity index is 2.58. The van der Waals surface area contributed by atoms with Crippen LogP contribution in [-0.4, -0.2) is 6.29 Å². The van der Waals surface area contributed by atoms with E-state index >= 15 is 0 Å². The molecule has 0 bridgehead atoms. The van der Waals surface area contributed by atoms with E-state index in [4.69, 9.17) is 4.42 Å². The summed E-state index contributed by atoms with van der Waals surface area (Å²) < 4.78 is 5.03. The normalized spacial score (nSPS) is 10.2. The predicted octanol–water partition coefficient (Wildman–Crippen LogP) is 3.13. The largest absolute Gasteiger partial charge is 0.461 e. The molecule has 13 heavy (non-hydrogen) atoms. The van der Waals surface area contributed by atoms with Crippen LogP contribution in [0.5, 0.6) is 0 Å². The van der Waals surface area contributed by atoms with E-state index in [1.54, 1.807) is 11.3 Å². The number of aryl methyl sites for hydroxylation is 1. The highest BCUT2D eigenvalue weighted by Crippen LogP contribution is 2.29. The summed E-state index contributed by atoms with van der Waals surface area (Å²) in [4.78, 5) is 11.8. The molecule has 0 aliphatic heterocycles. The summed E-state index contributed by atoms with van der Waals surface area (Å²) in [6.07, 6.45) is 2.28. The number of hydrogen-bond acceptors (Lipinski definition) is 3. The second-order valence-corrected chi connectivity index (χ2v) is 3.83. The summed E-state index contributed by atoms with van der Waals surface area (Å²) in [6, 6.07) is 3.82. The monoisotopic (exact) mass is 192 g/mol. The summed E-state index contributed by atoms with van der Waals surface area (Å²) >= 11 is 1.66. The SMILES string of the molecule is Cc1sccc1-c1ccoc1C=O. The van der Waals surface area contributed by atoms with Crippen molar-refractivity contribution in [2.75, 3.05) is 0 Å². The molecule has 0 unspecified atom stereocenters. The lowest BCUT2D eigenvalue weighted by molar-refractivity contribution is 0.110. The third-order valence-electron chi connectivity index (χ3n) is 1.95. The van der Waals surface area contributed by atoms with Crippen molar-refractivity contribution in [2.24, 2.45) is 0 Å². The molecular formula is C10H8O2S. The Morgan fingerprint density at radius 3 is 2.85 bits per heavy atom. The number of carbonyl (C=O) groups is 1. The van der Waals surface area contributed by atoms with Crippen LogP contribution >= 0.6 is 11.3 Å². The number of carbonyl (C=O) groups excluding carboxylic acids is 1. The van der Waals surface area contributed by atoms with E-state index in [9.17, 15) is 4.79 Å². The minimum Gasteiger partial charge on any atom is -0.461 e. The van der Waals surface area contributed by atoms with Gasteiger partial charge in [0.25, 0.3) is 0 Å². The van der Waals surface area contributed by atoms with E-state index in [0.29, 0.717) is 5.76 Å². The van der Waals surface area contributed by atoms with E-state index in [2.05, 4.69) is 0 Å². The molecule has 0 saturated carbocycles. The summed E-state index contributed by atoms with van der Waals surface area (Å²) in [5.41, 5.74) is 1.97. The average molecular weight is 192 g/mol. The van der Waals surface area contributed by atoms with Gasteiger partial charge in [0.05, 0.1) is 6.26 Å². The lowest BCUT2D eigenvalue weighted by atomic mass is 10.1. The Hall–Kier alpha value is -1.35. The molecule has 2 nitrogen and oxygen atoms in total. The predicted molar refractivity (Wildman–Crippen MR) is 52.1 cm³/mol. The van der Waals surface area contributed by atoms with Crippen LogP contribution in [-0.2, 0) is 0 Å². The number of rotatable bonds is 2. The second-order valence-electron chi connectivity index (χ2n) is 2.71. The lowest BCUT2D eigenvalue weighted by Crippen LogP contribution is -1.80. The molecule has 2 rings (SSSR count). The number of hydrogen-bond donors (Lipinski definition) is 0. The van der Waals surface area contributed by atoms with Gasteiger partial charge in [0.2, 0.25) is 0 Å². The van der Waals surface area contributed by atoms with E-state index in [0.717, 1.165) is 17.4 Å². The van der Waals surface area contributed by atoms with Gasteiger partial charge in [-0.3, -0.25) is 4.79 Å². The maximum Gasteiger partial charge on any atom is 0.185 e. The van der Waals surface area contributed by atoms with Crippen molar-refractivity contribution < 1.29 is 9.21 Å². The topological polar surface area (TPSA) is 30.2 Å². The van der Waals surface area contributed by atoms with Crippen molar-refractivity contribution in [3.8, 4) is 11.1 Å². The quantitative estimate of drug-likeness (QED) is 0.684. The second kappa shape index (κ2) is 3.18. The summed E-state index contributed by atoms with van der Waals surface area (Å²) in [6.45, 7) is 2.03. The van der Waals surface area contributed by atoms with Gasteiger partial charge in [0.1, 0.15) is 0 Å². The lowest BCUT2D eigenvalue weighted by Gasteiger charge is -1.94. The van der Waals surface area contributed by atoms with Crippen molar-refractivity contribution in [3.05, 3.63) is 34.4 Å². The van der Waals surface area contributed by atoms with Crippen LogP contribution in [0.1, 0.15) is 15.4 Å². The van der Waals surface area contributed by atoms with Gasteiger partial charge in [-0.1, -0.05) is 0 Å². The van der Waals surface area contributed by atoms with Gasteiger partial charge >= 0.3 is 0 Å². The van der Waals surface area contributed by atoms with Crippen LogP contribution in [0.2, 0.25) is 0 Å². The first-order valence-electron chi connectivity index (χ1n) is 3.90. The Morgan fingerprint density at radius 2 is 2.23 bits per heavy atom. The molecule has 2 aromatic heterocycles. The van der Waals surface area contributed by atoms with Gasteiger partial charge in [-0.15, -0.1) is 11.3 Å². The molecule has 66 valence electrons. The minimum atomic E-state index is 0.404. The number of aldehydes is 1. The van der Waals surface area contributed by atoms with Gasteiger partial charge < -0.3 is 4.42 Å². The Bertz CT molecular complexity index is 426. The molecule has 3 heteroatoms. The van der Waals surface area contributed by atoms with Gasteiger partial charge in [-0.25, -0.2) is 0 Å². The minimum absolute atomic E-state index is 0.404. The molecule has 0 radical (unpaired) electrons. The zero-order valence-corrected chi connectivity index (χ0v) is 7.93. The van der Waals surface area contributed by atoms with Crippen LogP contribution < -0.4 is 0 Å². The van der Waals surface area contributed by atoms with Crippen LogP contribution in [0.15, 0.2) is 28.2 Å². The highest BCUT2D eigenvalue weighted by Gasteiger charge is 2.10. The third-order valence-corrected chi connectivity index (χ3v) is 2.80. The van der Waals surface area contributed by atoms with Crippen molar-refractivity contribution >= 4 is 17.6 Å². The standard InChI is InChI=1S/C10H8O2S/c1-7-8(3-5-13-7)9-2-4-12-10(9)6-11/h2-6H,1H3. The third kappa shape index (κ3) is 1.31. The van der Waals surface area contributed by atoms with Crippen LogP contribution in [0.4, 0.5) is 0 Å². The maximum absolute atomic E-state index is 10.6. The molecule has 0 amide bonds. The first-order chi connectivity index (χ1) is 6.33. The zero-order chi connectivity index (χ0) is 9.26. The summed E-state index contributed by atoms with van der Waals surface area (Å²) in [7, 11) is 0. The fourth-order valence-electron chi connectivity index (χ4n) is 1.30. The maximum atomic E-state index is 10.6. The Morgan fingerprint density at radius 1 is 1.38 bits per heavy atom. The molecule has 2 aromatic rings. The molecule has 0 saturated heterocycles. The summed E-state index contributed by atoms with van der Waals surface area (Å²) in [5.74, 6) is 0.404. The fourth-order valence-corrected chi connectivity index (χ4v) is 2.01. The van der Waals surface area contributed by atoms with E-state index < -0.39 is 0 Å². The number of thiophene rings is 1. The smallest absolute Gasteiger partial charge is 0.185 e. The van der Waals surface area contributed by atoms with Gasteiger partial charge in [0.15, 0.2) is 12.0 Å². The molecule has 0 aromatic carbocycles. The zero-order valence-electron chi connectivity index (χ0n) is 7.11. The Labute approximate surface area is 79.8 Å². The molecule has 0 aliphatic carbocycles. The van der Waals surface area contributed by atoms with Gasteiger partial charge in [-0.05, 0) is 30.0 Å². The number of furan rings is 1. The molecule has 0 spiro atoms.